The first-order valence-electron chi connectivity index (χ1n) is 3.84. The lowest BCUT2D eigenvalue weighted by Crippen LogP contribution is -2.17. The topological polar surface area (TPSA) is 86.7 Å². The summed E-state index contributed by atoms with van der Waals surface area (Å²) in [6.45, 7) is 0.257. The SMILES string of the molecule is Nc1ccnc(Cn2ncsc2=O)n1. The molecule has 0 aliphatic heterocycles. The summed E-state index contributed by atoms with van der Waals surface area (Å²) in [4.78, 5) is 18.9. The number of anilines is 1. The number of nitrogens with zero attached hydrogens (tertiary/aromatic N) is 4. The van der Waals surface area contributed by atoms with Gasteiger partial charge in [0.15, 0.2) is 5.82 Å². The van der Waals surface area contributed by atoms with Crippen LogP contribution in [0.15, 0.2) is 22.6 Å². The summed E-state index contributed by atoms with van der Waals surface area (Å²) in [7, 11) is 0. The molecule has 0 aliphatic carbocycles. The van der Waals surface area contributed by atoms with Crippen LogP contribution in [0, 0.1) is 0 Å². The van der Waals surface area contributed by atoms with Gasteiger partial charge in [-0.05, 0) is 6.07 Å². The smallest absolute Gasteiger partial charge is 0.325 e. The van der Waals surface area contributed by atoms with E-state index in [1.165, 1.54) is 10.2 Å². The maximum Gasteiger partial charge on any atom is 0.325 e. The highest BCUT2D eigenvalue weighted by Crippen LogP contribution is 1.97. The Morgan fingerprint density at radius 1 is 1.57 bits per heavy atom. The standard InChI is InChI=1S/C7H7N5OS/c8-5-1-2-9-6(11-5)3-12-7(13)14-4-10-12/h1-2,4H,3H2,(H2,8,9,11). The molecule has 0 unspecified atom stereocenters. The zero-order valence-electron chi connectivity index (χ0n) is 7.12. The molecular weight excluding hydrogens is 202 g/mol. The molecule has 72 valence electrons. The van der Waals surface area contributed by atoms with Crippen LogP contribution in [-0.4, -0.2) is 19.7 Å². The van der Waals surface area contributed by atoms with Gasteiger partial charge in [-0.15, -0.1) is 0 Å². The van der Waals surface area contributed by atoms with E-state index in [1.54, 1.807) is 12.3 Å². The first kappa shape index (κ1) is 8.82. The van der Waals surface area contributed by atoms with E-state index in [2.05, 4.69) is 15.1 Å². The van der Waals surface area contributed by atoms with Crippen molar-refractivity contribution in [3.05, 3.63) is 33.3 Å². The Morgan fingerprint density at radius 2 is 2.43 bits per heavy atom. The second-order valence-electron chi connectivity index (χ2n) is 2.56. The van der Waals surface area contributed by atoms with Gasteiger partial charge in [-0.2, -0.15) is 5.10 Å². The molecular formula is C7H7N5OS. The predicted octanol–water partition coefficient (Wildman–Crippen LogP) is -0.275. The molecule has 0 spiro atoms. The Morgan fingerprint density at radius 3 is 3.07 bits per heavy atom. The van der Waals surface area contributed by atoms with Gasteiger partial charge in [0, 0.05) is 6.20 Å². The molecule has 0 saturated carbocycles. The van der Waals surface area contributed by atoms with E-state index < -0.39 is 0 Å². The van der Waals surface area contributed by atoms with Gasteiger partial charge in [0.05, 0.1) is 0 Å². The number of hydrogen-bond donors (Lipinski definition) is 1. The average Bonchev–Trinajstić information content (AvgIpc) is 2.52. The summed E-state index contributed by atoms with van der Waals surface area (Å²) >= 11 is 1.04. The van der Waals surface area contributed by atoms with Crippen LogP contribution in [-0.2, 0) is 6.54 Å². The molecule has 0 bridgehead atoms. The fraction of sp³-hybridized carbons (Fsp3) is 0.143. The molecule has 0 aromatic carbocycles. The number of rotatable bonds is 2. The lowest BCUT2D eigenvalue weighted by molar-refractivity contribution is 0.638. The zero-order valence-corrected chi connectivity index (χ0v) is 7.94. The quantitative estimate of drug-likeness (QED) is 0.735. The molecule has 0 amide bonds. The second kappa shape index (κ2) is 3.54. The molecule has 0 fully saturated rings. The van der Waals surface area contributed by atoms with Crippen molar-refractivity contribution < 1.29 is 0 Å². The molecule has 0 radical (unpaired) electrons. The monoisotopic (exact) mass is 209 g/mol. The average molecular weight is 209 g/mol. The molecule has 0 atom stereocenters. The van der Waals surface area contributed by atoms with Crippen molar-refractivity contribution >= 4 is 17.2 Å². The molecule has 2 N–H and O–H groups in total. The van der Waals surface area contributed by atoms with Gasteiger partial charge >= 0.3 is 4.87 Å². The van der Waals surface area contributed by atoms with Crippen molar-refractivity contribution in [3.8, 4) is 0 Å². The molecule has 2 heterocycles. The fourth-order valence-electron chi connectivity index (χ4n) is 0.964. The Hall–Kier alpha value is -1.76. The van der Waals surface area contributed by atoms with E-state index in [4.69, 9.17) is 5.73 Å². The summed E-state index contributed by atoms with van der Waals surface area (Å²) in [5, 5.41) is 3.84. The van der Waals surface area contributed by atoms with Crippen LogP contribution < -0.4 is 10.6 Å². The highest BCUT2D eigenvalue weighted by Gasteiger charge is 2.02. The van der Waals surface area contributed by atoms with E-state index in [-0.39, 0.29) is 11.4 Å². The van der Waals surface area contributed by atoms with Crippen LogP contribution in [0.4, 0.5) is 5.82 Å². The second-order valence-corrected chi connectivity index (χ2v) is 3.36. The van der Waals surface area contributed by atoms with Gasteiger partial charge in [0.2, 0.25) is 0 Å². The van der Waals surface area contributed by atoms with E-state index in [9.17, 15) is 4.79 Å². The van der Waals surface area contributed by atoms with E-state index in [1.807, 2.05) is 0 Å². The van der Waals surface area contributed by atoms with Crippen LogP contribution >= 0.6 is 11.3 Å². The maximum absolute atomic E-state index is 11.1. The molecule has 6 nitrogen and oxygen atoms in total. The molecule has 2 rings (SSSR count). The Kier molecular flexibility index (Phi) is 2.23. The third-order valence-corrected chi connectivity index (χ3v) is 2.18. The van der Waals surface area contributed by atoms with Crippen molar-refractivity contribution in [1.82, 2.24) is 19.7 Å². The van der Waals surface area contributed by atoms with Gasteiger partial charge in [-0.3, -0.25) is 4.79 Å². The van der Waals surface area contributed by atoms with Crippen LogP contribution in [0.3, 0.4) is 0 Å². The fourth-order valence-corrected chi connectivity index (χ4v) is 1.45. The van der Waals surface area contributed by atoms with Crippen LogP contribution in [0.25, 0.3) is 0 Å². The van der Waals surface area contributed by atoms with Crippen LogP contribution in [0.2, 0.25) is 0 Å². The molecule has 2 aromatic heterocycles. The van der Waals surface area contributed by atoms with Gasteiger partial charge in [-0.25, -0.2) is 14.6 Å². The predicted molar refractivity (Wildman–Crippen MR) is 51.9 cm³/mol. The highest BCUT2D eigenvalue weighted by molar-refractivity contribution is 7.06. The third-order valence-electron chi connectivity index (χ3n) is 1.57. The largest absolute Gasteiger partial charge is 0.384 e. The van der Waals surface area contributed by atoms with E-state index in [0.717, 1.165) is 11.3 Å². The van der Waals surface area contributed by atoms with Crippen molar-refractivity contribution in [1.29, 1.82) is 0 Å². The van der Waals surface area contributed by atoms with Crippen LogP contribution in [0.5, 0.6) is 0 Å². The first-order valence-corrected chi connectivity index (χ1v) is 4.71. The summed E-state index contributed by atoms with van der Waals surface area (Å²) in [6.07, 6.45) is 1.55. The first-order chi connectivity index (χ1) is 6.75. The van der Waals surface area contributed by atoms with Crippen molar-refractivity contribution in [3.63, 3.8) is 0 Å². The molecule has 2 aromatic rings. The van der Waals surface area contributed by atoms with Gasteiger partial charge < -0.3 is 5.73 Å². The number of nitrogens with two attached hydrogens (primary N) is 1. The number of aromatic nitrogens is 4. The molecule has 0 aliphatic rings. The lowest BCUT2D eigenvalue weighted by Gasteiger charge is -1.98. The van der Waals surface area contributed by atoms with Crippen LogP contribution in [0.1, 0.15) is 5.82 Å². The third kappa shape index (κ3) is 1.77. The molecule has 0 saturated heterocycles. The van der Waals surface area contributed by atoms with Gasteiger partial charge in [-0.1, -0.05) is 11.3 Å². The zero-order chi connectivity index (χ0) is 9.97. The normalized spacial score (nSPS) is 10.3. The highest BCUT2D eigenvalue weighted by atomic mass is 32.1. The van der Waals surface area contributed by atoms with Crippen molar-refractivity contribution in [2.24, 2.45) is 0 Å². The number of nitrogen functional groups attached to an aromatic ring is 1. The van der Waals surface area contributed by atoms with Gasteiger partial charge in [0.1, 0.15) is 17.9 Å². The Balaban J connectivity index is 2.27. The lowest BCUT2D eigenvalue weighted by atomic mass is 10.5. The minimum absolute atomic E-state index is 0.129. The summed E-state index contributed by atoms with van der Waals surface area (Å²) in [5.41, 5.74) is 6.95. The number of hydrogen-bond acceptors (Lipinski definition) is 6. The molecule has 14 heavy (non-hydrogen) atoms. The maximum atomic E-state index is 11.1. The summed E-state index contributed by atoms with van der Waals surface area (Å²) in [6, 6.07) is 1.59. The van der Waals surface area contributed by atoms with E-state index >= 15 is 0 Å². The summed E-state index contributed by atoms with van der Waals surface area (Å²) in [5.74, 6) is 0.872. The minimum atomic E-state index is -0.129. The van der Waals surface area contributed by atoms with Gasteiger partial charge in [0.25, 0.3) is 0 Å². The molecule has 7 heteroatoms. The van der Waals surface area contributed by atoms with Crippen molar-refractivity contribution in [2.75, 3.05) is 5.73 Å². The Bertz CT molecular complexity index is 491. The Labute approximate surface area is 83.1 Å². The van der Waals surface area contributed by atoms with Crippen molar-refractivity contribution in [2.45, 2.75) is 6.54 Å². The van der Waals surface area contributed by atoms with E-state index in [0.29, 0.717) is 11.6 Å². The summed E-state index contributed by atoms with van der Waals surface area (Å²) < 4.78 is 1.29. The minimum Gasteiger partial charge on any atom is -0.384 e.